The molecule has 0 fully saturated rings. The van der Waals surface area contributed by atoms with Crippen LogP contribution >= 0.6 is 0 Å². The molecule has 0 aliphatic heterocycles. The molecular formula is C14H12O14. The van der Waals surface area contributed by atoms with Gasteiger partial charge < -0.3 is 30.6 Å². The average molecular weight is 404 g/mol. The van der Waals surface area contributed by atoms with E-state index in [2.05, 4.69) is 0 Å². The summed E-state index contributed by atoms with van der Waals surface area (Å²) in [4.78, 5) is 82.2. The smallest absolute Gasteiger partial charge is 0.376 e. The fraction of sp³-hybridized carbons (Fsp3) is 0.143. The first-order valence-electron chi connectivity index (χ1n) is 6.54. The molecule has 0 aliphatic rings. The molecule has 14 heteroatoms. The fourth-order valence-electron chi connectivity index (χ4n) is 1.29. The number of ketones is 2. The minimum absolute atomic E-state index is 0.268. The van der Waals surface area contributed by atoms with Crippen LogP contribution in [-0.2, 0) is 38.4 Å². The molecule has 0 rings (SSSR count). The Kier molecular flexibility index (Phi) is 11.2. The van der Waals surface area contributed by atoms with Gasteiger partial charge in [0, 0.05) is 23.3 Å². The molecular weight excluding hydrogens is 392 g/mol. The van der Waals surface area contributed by atoms with Crippen LogP contribution < -0.4 is 0 Å². The summed E-state index contributed by atoms with van der Waals surface area (Å²) in [7, 11) is 0. The number of Topliss-reactive ketones (excluding diaryl/α,β-unsaturated/α-hetero) is 2. The zero-order valence-electron chi connectivity index (χ0n) is 13.5. The van der Waals surface area contributed by atoms with Crippen LogP contribution in [0.2, 0.25) is 0 Å². The Bertz CT molecular complexity index is 716. The fourth-order valence-corrected chi connectivity index (χ4v) is 1.29. The van der Waals surface area contributed by atoms with Crippen LogP contribution in [0, 0.1) is 0 Å². The zero-order valence-corrected chi connectivity index (χ0v) is 13.5. The summed E-state index contributed by atoms with van der Waals surface area (Å²) in [5.74, 6) is -13.0. The highest BCUT2D eigenvalue weighted by molar-refractivity contribution is 6.41. The molecule has 0 aliphatic carbocycles. The van der Waals surface area contributed by atoms with Gasteiger partial charge in [-0.3, -0.25) is 19.2 Å². The lowest BCUT2D eigenvalue weighted by Gasteiger charge is -1.97. The largest absolute Gasteiger partial charge is 0.481 e. The van der Waals surface area contributed by atoms with E-state index in [9.17, 15) is 38.4 Å². The second-order valence-corrected chi connectivity index (χ2v) is 4.43. The maximum absolute atomic E-state index is 10.7. The number of hydrogen-bond acceptors (Lipinski definition) is 8. The molecule has 0 bridgehead atoms. The topological polar surface area (TPSA) is 258 Å². The summed E-state index contributed by atoms with van der Waals surface area (Å²) in [6.07, 6.45) is -1.33. The van der Waals surface area contributed by atoms with E-state index < -0.39 is 71.4 Å². The highest BCUT2D eigenvalue weighted by Crippen LogP contribution is 2.04. The van der Waals surface area contributed by atoms with Crippen LogP contribution in [0.4, 0.5) is 0 Å². The van der Waals surface area contributed by atoms with Crippen LogP contribution in [0.3, 0.4) is 0 Å². The van der Waals surface area contributed by atoms with Crippen molar-refractivity contribution in [3.05, 3.63) is 23.3 Å². The van der Waals surface area contributed by atoms with Gasteiger partial charge in [-0.25, -0.2) is 19.2 Å². The number of carbonyl (C=O) groups is 8. The zero-order chi connectivity index (χ0) is 22.6. The van der Waals surface area contributed by atoms with Gasteiger partial charge in [0.1, 0.15) is 0 Å². The van der Waals surface area contributed by atoms with Crippen LogP contribution in [0.1, 0.15) is 12.8 Å². The van der Waals surface area contributed by atoms with Crippen LogP contribution in [0.15, 0.2) is 23.3 Å². The molecule has 14 nitrogen and oxygen atoms in total. The molecule has 28 heavy (non-hydrogen) atoms. The van der Waals surface area contributed by atoms with E-state index in [4.69, 9.17) is 30.6 Å². The van der Waals surface area contributed by atoms with Gasteiger partial charge in [-0.1, -0.05) is 0 Å². The number of carboxylic acids is 6. The highest BCUT2D eigenvalue weighted by atomic mass is 16.4. The van der Waals surface area contributed by atoms with E-state index in [1.54, 1.807) is 0 Å². The normalized spacial score (nSPS) is 10.7. The molecule has 0 heterocycles. The molecule has 0 aromatic carbocycles. The molecule has 0 spiro atoms. The monoisotopic (exact) mass is 404 g/mol. The number of aliphatic carboxylic acids is 6. The molecule has 0 saturated heterocycles. The molecule has 0 saturated carbocycles. The summed E-state index contributed by atoms with van der Waals surface area (Å²) in [5, 5.41) is 49.3. The number of carboxylic acid groups (broad SMARTS) is 6. The van der Waals surface area contributed by atoms with E-state index in [1.807, 2.05) is 0 Å². The summed E-state index contributed by atoms with van der Waals surface area (Å²) >= 11 is 0. The highest BCUT2D eigenvalue weighted by Gasteiger charge is 2.21. The van der Waals surface area contributed by atoms with Crippen molar-refractivity contribution in [1.82, 2.24) is 0 Å². The Morgan fingerprint density at radius 1 is 0.500 bits per heavy atom. The van der Waals surface area contributed by atoms with Crippen LogP contribution in [0.25, 0.3) is 0 Å². The SMILES string of the molecule is O=C(O)/C=C(/CC(=O)O)C(=O)C(=O)O.O=C(O)/C=C(/CC(=O)O)C(=O)C(=O)O. The number of rotatable bonds is 10. The predicted octanol–water partition coefficient (Wildman–Crippen LogP) is -1.75. The molecule has 152 valence electrons. The summed E-state index contributed by atoms with van der Waals surface area (Å²) in [5.41, 5.74) is -1.56. The molecule has 0 unspecified atom stereocenters. The van der Waals surface area contributed by atoms with Crippen molar-refractivity contribution >= 4 is 47.4 Å². The van der Waals surface area contributed by atoms with Gasteiger partial charge in [0.25, 0.3) is 11.6 Å². The van der Waals surface area contributed by atoms with Gasteiger partial charge >= 0.3 is 35.8 Å². The maximum atomic E-state index is 10.7. The molecule has 6 N–H and O–H groups in total. The lowest BCUT2D eigenvalue weighted by atomic mass is 10.1. The van der Waals surface area contributed by atoms with E-state index in [0.717, 1.165) is 0 Å². The first-order chi connectivity index (χ1) is 12.7. The molecule has 0 atom stereocenters. The number of carbonyl (C=O) groups excluding carboxylic acids is 2. The molecule has 0 radical (unpaired) electrons. The van der Waals surface area contributed by atoms with Gasteiger partial charge in [0.2, 0.25) is 0 Å². The summed E-state index contributed by atoms with van der Waals surface area (Å²) in [6.45, 7) is 0. The first kappa shape index (κ1) is 25.9. The minimum atomic E-state index is -1.89. The Morgan fingerprint density at radius 3 is 0.893 bits per heavy atom. The third-order valence-corrected chi connectivity index (χ3v) is 2.25. The van der Waals surface area contributed by atoms with E-state index in [0.29, 0.717) is 0 Å². The molecule has 0 amide bonds. The van der Waals surface area contributed by atoms with Crippen molar-refractivity contribution in [2.24, 2.45) is 0 Å². The number of hydrogen-bond donors (Lipinski definition) is 6. The van der Waals surface area contributed by atoms with Crippen molar-refractivity contribution in [3.8, 4) is 0 Å². The van der Waals surface area contributed by atoms with E-state index >= 15 is 0 Å². The Labute approximate surface area is 153 Å². The lowest BCUT2D eigenvalue weighted by molar-refractivity contribution is -0.148. The first-order valence-corrected chi connectivity index (χ1v) is 6.54. The Hall–Kier alpha value is -4.36. The van der Waals surface area contributed by atoms with Crippen molar-refractivity contribution in [2.45, 2.75) is 12.8 Å². The molecule has 0 aromatic rings. The molecule has 0 aromatic heterocycles. The van der Waals surface area contributed by atoms with Gasteiger partial charge in [-0.2, -0.15) is 0 Å². The van der Waals surface area contributed by atoms with Crippen LogP contribution in [0.5, 0.6) is 0 Å². The van der Waals surface area contributed by atoms with Crippen LogP contribution in [-0.4, -0.2) is 78.0 Å². The summed E-state index contributed by atoms with van der Waals surface area (Å²) in [6, 6.07) is 0. The second kappa shape index (κ2) is 12.1. The average Bonchev–Trinajstić information content (AvgIpc) is 2.50. The lowest BCUT2D eigenvalue weighted by Crippen LogP contribution is -2.18. The minimum Gasteiger partial charge on any atom is -0.481 e. The van der Waals surface area contributed by atoms with Crippen molar-refractivity contribution < 1.29 is 69.0 Å². The summed E-state index contributed by atoms with van der Waals surface area (Å²) < 4.78 is 0. The van der Waals surface area contributed by atoms with Crippen molar-refractivity contribution in [2.75, 3.05) is 0 Å². The van der Waals surface area contributed by atoms with Gasteiger partial charge in [-0.05, 0) is 0 Å². The standard InChI is InChI=1S/2C7H6O7/c2*8-4(9)1-3(2-5(10)11)6(12)7(13)14/h2*1H,2H2,(H,8,9)(H,10,11)(H,13,14)/b2*3-1-. The van der Waals surface area contributed by atoms with E-state index in [-0.39, 0.29) is 12.2 Å². The second-order valence-electron chi connectivity index (χ2n) is 4.43. The Balaban J connectivity index is 0. The van der Waals surface area contributed by atoms with Crippen molar-refractivity contribution in [1.29, 1.82) is 0 Å². The third-order valence-electron chi connectivity index (χ3n) is 2.25. The predicted molar refractivity (Wildman–Crippen MR) is 81.2 cm³/mol. The third kappa shape index (κ3) is 12.1. The van der Waals surface area contributed by atoms with Gasteiger partial charge in [0.15, 0.2) is 0 Å². The van der Waals surface area contributed by atoms with Gasteiger partial charge in [-0.15, -0.1) is 0 Å². The van der Waals surface area contributed by atoms with Crippen molar-refractivity contribution in [3.63, 3.8) is 0 Å². The maximum Gasteiger partial charge on any atom is 0.376 e. The van der Waals surface area contributed by atoms with Gasteiger partial charge in [0.05, 0.1) is 12.8 Å². The Morgan fingerprint density at radius 2 is 0.750 bits per heavy atom. The van der Waals surface area contributed by atoms with E-state index in [1.165, 1.54) is 0 Å². The quantitative estimate of drug-likeness (QED) is 0.174.